The van der Waals surface area contributed by atoms with Crippen molar-refractivity contribution in [3.8, 4) is 0 Å². The van der Waals surface area contributed by atoms with Crippen molar-refractivity contribution >= 4 is 34.1 Å². The van der Waals surface area contributed by atoms with Gasteiger partial charge in [0.2, 0.25) is 5.91 Å². The lowest BCUT2D eigenvalue weighted by Gasteiger charge is -2.14. The predicted molar refractivity (Wildman–Crippen MR) is 86.4 cm³/mol. The highest BCUT2D eigenvalue weighted by molar-refractivity contribution is 7.16. The Morgan fingerprint density at radius 2 is 2.00 bits per heavy atom. The number of carboxylic acids is 1. The number of hydrogen-bond acceptors (Lipinski definition) is 4. The minimum Gasteiger partial charge on any atom is -0.480 e. The number of aliphatic carboxylic acids is 1. The third-order valence-corrected chi connectivity index (χ3v) is 4.09. The van der Waals surface area contributed by atoms with E-state index in [0.717, 1.165) is 17.7 Å². The largest absolute Gasteiger partial charge is 0.480 e. The number of hydrogen-bond donors (Lipinski definition) is 3. The number of aryl methyl sites for hydroxylation is 1. The number of carbonyl (C=O) groups is 3. The van der Waals surface area contributed by atoms with E-state index in [1.165, 1.54) is 11.3 Å². The molecule has 0 bridgehead atoms. The summed E-state index contributed by atoms with van der Waals surface area (Å²) >= 11 is 1.30. The standard InChI is InChI=1S/C15H22N2O4S/c1-4-6-7-11(15(20)21)16-13(19)10-8-9(3)22-14(10)17-12(18)5-2/h8,11H,4-7H2,1-3H3,(H,16,19)(H,17,18)(H,20,21). The fraction of sp³-hybridized carbons (Fsp3) is 0.533. The molecule has 7 heteroatoms. The van der Waals surface area contributed by atoms with E-state index in [1.54, 1.807) is 13.0 Å². The number of anilines is 1. The van der Waals surface area contributed by atoms with Crippen LogP contribution in [0.15, 0.2) is 6.07 Å². The lowest BCUT2D eigenvalue weighted by Crippen LogP contribution is -2.40. The van der Waals surface area contributed by atoms with Gasteiger partial charge in [0.15, 0.2) is 0 Å². The number of nitrogens with one attached hydrogen (secondary N) is 2. The number of carbonyl (C=O) groups excluding carboxylic acids is 2. The third kappa shape index (κ3) is 5.14. The zero-order chi connectivity index (χ0) is 16.7. The molecule has 0 fully saturated rings. The Labute approximate surface area is 133 Å². The van der Waals surface area contributed by atoms with Crippen LogP contribution in [0.25, 0.3) is 0 Å². The summed E-state index contributed by atoms with van der Waals surface area (Å²) in [6, 6.07) is 0.742. The van der Waals surface area contributed by atoms with Gasteiger partial charge >= 0.3 is 5.97 Å². The second kappa shape index (κ2) is 8.53. The van der Waals surface area contributed by atoms with Crippen LogP contribution in [0.5, 0.6) is 0 Å². The van der Waals surface area contributed by atoms with Crippen LogP contribution in [0.1, 0.15) is 54.8 Å². The maximum atomic E-state index is 12.3. The van der Waals surface area contributed by atoms with Gasteiger partial charge in [-0.05, 0) is 19.4 Å². The van der Waals surface area contributed by atoms with Crippen molar-refractivity contribution in [2.45, 2.75) is 52.5 Å². The van der Waals surface area contributed by atoms with Gasteiger partial charge in [-0.1, -0.05) is 26.7 Å². The van der Waals surface area contributed by atoms with E-state index in [0.29, 0.717) is 23.4 Å². The summed E-state index contributed by atoms with van der Waals surface area (Å²) in [6.07, 6.45) is 2.28. The van der Waals surface area contributed by atoms with Gasteiger partial charge in [0.05, 0.1) is 5.56 Å². The van der Waals surface area contributed by atoms with Crippen molar-refractivity contribution in [2.24, 2.45) is 0 Å². The van der Waals surface area contributed by atoms with Crippen LogP contribution in [-0.2, 0) is 9.59 Å². The molecule has 122 valence electrons. The predicted octanol–water partition coefficient (Wildman–Crippen LogP) is 2.78. The molecule has 2 amide bonds. The molecule has 0 aliphatic heterocycles. The molecule has 0 aromatic carbocycles. The summed E-state index contributed by atoms with van der Waals surface area (Å²) in [5.41, 5.74) is 0.312. The van der Waals surface area contributed by atoms with E-state index < -0.39 is 17.9 Å². The fourth-order valence-electron chi connectivity index (χ4n) is 1.89. The van der Waals surface area contributed by atoms with Crippen LogP contribution in [-0.4, -0.2) is 28.9 Å². The van der Waals surface area contributed by atoms with Crippen LogP contribution in [0.4, 0.5) is 5.00 Å². The van der Waals surface area contributed by atoms with Crippen molar-refractivity contribution in [3.63, 3.8) is 0 Å². The maximum absolute atomic E-state index is 12.3. The van der Waals surface area contributed by atoms with E-state index in [2.05, 4.69) is 10.6 Å². The highest BCUT2D eigenvalue weighted by Gasteiger charge is 2.23. The van der Waals surface area contributed by atoms with E-state index in [1.807, 2.05) is 13.8 Å². The molecule has 22 heavy (non-hydrogen) atoms. The van der Waals surface area contributed by atoms with E-state index >= 15 is 0 Å². The van der Waals surface area contributed by atoms with Crippen molar-refractivity contribution in [2.75, 3.05) is 5.32 Å². The molecule has 6 nitrogen and oxygen atoms in total. The molecule has 1 heterocycles. The van der Waals surface area contributed by atoms with Gasteiger partial charge in [-0.25, -0.2) is 4.79 Å². The monoisotopic (exact) mass is 326 g/mol. The van der Waals surface area contributed by atoms with Gasteiger partial charge in [-0.3, -0.25) is 9.59 Å². The van der Waals surface area contributed by atoms with E-state index in [-0.39, 0.29) is 5.91 Å². The first-order chi connectivity index (χ1) is 10.4. The van der Waals surface area contributed by atoms with Crippen LogP contribution in [0.3, 0.4) is 0 Å². The second-order valence-electron chi connectivity index (χ2n) is 5.01. The summed E-state index contributed by atoms with van der Waals surface area (Å²) in [4.78, 5) is 35.9. The minimum absolute atomic E-state index is 0.184. The van der Waals surface area contributed by atoms with Crippen molar-refractivity contribution < 1.29 is 19.5 Å². The van der Waals surface area contributed by atoms with Gasteiger partial charge in [0.25, 0.3) is 5.91 Å². The van der Waals surface area contributed by atoms with Gasteiger partial charge in [0, 0.05) is 11.3 Å². The molecule has 0 aliphatic carbocycles. The van der Waals surface area contributed by atoms with Crippen LogP contribution in [0, 0.1) is 6.92 Å². The number of carboxylic acid groups (broad SMARTS) is 1. The number of unbranched alkanes of at least 4 members (excludes halogenated alkanes) is 1. The van der Waals surface area contributed by atoms with Gasteiger partial charge in [0.1, 0.15) is 11.0 Å². The van der Waals surface area contributed by atoms with Crippen molar-refractivity contribution in [3.05, 3.63) is 16.5 Å². The first-order valence-corrected chi connectivity index (χ1v) is 8.14. The first kappa shape index (κ1) is 18.2. The first-order valence-electron chi connectivity index (χ1n) is 7.32. The summed E-state index contributed by atoms with van der Waals surface area (Å²) < 4.78 is 0. The second-order valence-corrected chi connectivity index (χ2v) is 6.26. The quantitative estimate of drug-likeness (QED) is 0.684. The van der Waals surface area contributed by atoms with E-state index in [4.69, 9.17) is 0 Å². The number of rotatable bonds is 8. The molecule has 0 saturated heterocycles. The fourth-order valence-corrected chi connectivity index (χ4v) is 2.82. The lowest BCUT2D eigenvalue weighted by molar-refractivity contribution is -0.139. The molecule has 1 aromatic rings. The zero-order valence-corrected chi connectivity index (χ0v) is 13.9. The Balaban J connectivity index is 2.87. The molecule has 0 aliphatic rings. The van der Waals surface area contributed by atoms with Gasteiger partial charge < -0.3 is 15.7 Å². The van der Waals surface area contributed by atoms with Gasteiger partial charge in [-0.15, -0.1) is 11.3 Å². The smallest absolute Gasteiger partial charge is 0.326 e. The zero-order valence-electron chi connectivity index (χ0n) is 13.1. The van der Waals surface area contributed by atoms with Crippen LogP contribution >= 0.6 is 11.3 Å². The summed E-state index contributed by atoms with van der Waals surface area (Å²) in [5, 5.41) is 14.8. The Morgan fingerprint density at radius 1 is 1.32 bits per heavy atom. The normalized spacial score (nSPS) is 11.8. The summed E-state index contributed by atoms with van der Waals surface area (Å²) in [7, 11) is 0. The van der Waals surface area contributed by atoms with Crippen LogP contribution in [0.2, 0.25) is 0 Å². The lowest BCUT2D eigenvalue weighted by atomic mass is 10.1. The van der Waals surface area contributed by atoms with Crippen molar-refractivity contribution in [1.29, 1.82) is 0 Å². The van der Waals surface area contributed by atoms with Gasteiger partial charge in [-0.2, -0.15) is 0 Å². The average molecular weight is 326 g/mol. The van der Waals surface area contributed by atoms with Crippen molar-refractivity contribution in [1.82, 2.24) is 5.32 Å². The Hall–Kier alpha value is -1.89. The molecule has 1 unspecified atom stereocenters. The molecule has 1 atom stereocenters. The molecule has 1 rings (SSSR count). The molecule has 0 radical (unpaired) electrons. The topological polar surface area (TPSA) is 95.5 Å². The molecule has 0 spiro atoms. The maximum Gasteiger partial charge on any atom is 0.326 e. The summed E-state index contributed by atoms with van der Waals surface area (Å²) in [5.74, 6) is -1.70. The number of thiophene rings is 1. The Morgan fingerprint density at radius 3 is 2.55 bits per heavy atom. The Kier molecular flexibility index (Phi) is 7.04. The average Bonchev–Trinajstić information content (AvgIpc) is 2.83. The summed E-state index contributed by atoms with van der Waals surface area (Å²) in [6.45, 7) is 5.51. The number of amides is 2. The highest BCUT2D eigenvalue weighted by atomic mass is 32.1. The molecule has 0 saturated carbocycles. The van der Waals surface area contributed by atoms with E-state index in [9.17, 15) is 19.5 Å². The third-order valence-electron chi connectivity index (χ3n) is 3.12. The highest BCUT2D eigenvalue weighted by Crippen LogP contribution is 2.27. The Bertz CT molecular complexity index is 554. The molecular weight excluding hydrogens is 304 g/mol. The van der Waals surface area contributed by atoms with Crippen LogP contribution < -0.4 is 10.6 Å². The minimum atomic E-state index is -1.05. The molecule has 3 N–H and O–H groups in total. The SMILES string of the molecule is CCCCC(NC(=O)c1cc(C)sc1NC(=O)CC)C(=O)O. The molecule has 1 aromatic heterocycles. The molecular formula is C15H22N2O4S.